The Morgan fingerprint density at radius 2 is 2.00 bits per heavy atom. The molecule has 0 bridgehead atoms. The summed E-state index contributed by atoms with van der Waals surface area (Å²) >= 11 is 0. The molecule has 4 nitrogen and oxygen atoms in total. The molecule has 0 fully saturated rings. The van der Waals surface area contributed by atoms with Gasteiger partial charge in [-0.05, 0) is 6.42 Å². The standard InChI is InChI=1S/C5H12O4S/c1-2-3-9-4-5-10(6,7)8/h2-5H2,1H3,(H,6,7,8)/p-1. The van der Waals surface area contributed by atoms with Gasteiger partial charge in [0.25, 0.3) is 0 Å². The monoisotopic (exact) mass is 167 g/mol. The number of hydrogen-bond donors (Lipinski definition) is 0. The molecular formula is C5H11O4S-. The lowest BCUT2D eigenvalue weighted by Gasteiger charge is -2.05. The fourth-order valence-corrected chi connectivity index (χ4v) is 0.729. The van der Waals surface area contributed by atoms with Crippen LogP contribution in [0.2, 0.25) is 0 Å². The molecule has 0 spiro atoms. The second kappa shape index (κ2) is 4.65. The molecule has 0 heterocycles. The van der Waals surface area contributed by atoms with Crippen LogP contribution in [0, 0.1) is 0 Å². The zero-order chi connectivity index (χ0) is 8.04. The maximum Gasteiger partial charge on any atom is 0.0968 e. The highest BCUT2D eigenvalue weighted by Crippen LogP contribution is 1.84. The van der Waals surface area contributed by atoms with Crippen LogP contribution in [0.25, 0.3) is 0 Å². The molecule has 0 amide bonds. The van der Waals surface area contributed by atoms with Gasteiger partial charge in [-0.3, -0.25) is 0 Å². The molecule has 0 aliphatic carbocycles. The van der Waals surface area contributed by atoms with Crippen molar-refractivity contribution < 1.29 is 17.7 Å². The zero-order valence-corrected chi connectivity index (χ0v) is 6.69. The van der Waals surface area contributed by atoms with E-state index in [0.717, 1.165) is 6.42 Å². The van der Waals surface area contributed by atoms with Crippen LogP contribution in [-0.4, -0.2) is 31.9 Å². The summed E-state index contributed by atoms with van der Waals surface area (Å²) in [5, 5.41) is 0. The van der Waals surface area contributed by atoms with Crippen LogP contribution in [0.1, 0.15) is 13.3 Å². The van der Waals surface area contributed by atoms with Crippen molar-refractivity contribution in [3.63, 3.8) is 0 Å². The van der Waals surface area contributed by atoms with Gasteiger partial charge in [0.05, 0.1) is 22.5 Å². The van der Waals surface area contributed by atoms with Gasteiger partial charge in [-0.15, -0.1) is 0 Å². The van der Waals surface area contributed by atoms with Gasteiger partial charge in [0.2, 0.25) is 0 Å². The molecule has 5 heteroatoms. The summed E-state index contributed by atoms with van der Waals surface area (Å²) < 4.78 is 34.7. The lowest BCUT2D eigenvalue weighted by molar-refractivity contribution is 0.148. The number of hydrogen-bond acceptors (Lipinski definition) is 4. The van der Waals surface area contributed by atoms with Crippen molar-refractivity contribution in [3.8, 4) is 0 Å². The molecule has 0 saturated carbocycles. The van der Waals surface area contributed by atoms with E-state index >= 15 is 0 Å². The highest BCUT2D eigenvalue weighted by atomic mass is 32.2. The zero-order valence-electron chi connectivity index (χ0n) is 5.87. The molecule has 0 aromatic heterocycles. The second-order valence-corrected chi connectivity index (χ2v) is 3.40. The molecule has 0 unspecified atom stereocenters. The summed E-state index contributed by atoms with van der Waals surface area (Å²) in [5.41, 5.74) is 0. The molecule has 62 valence electrons. The van der Waals surface area contributed by atoms with Crippen LogP contribution in [0.3, 0.4) is 0 Å². The van der Waals surface area contributed by atoms with Gasteiger partial charge in [0.15, 0.2) is 0 Å². The molecule has 0 radical (unpaired) electrons. The summed E-state index contributed by atoms with van der Waals surface area (Å²) in [6, 6.07) is 0. The minimum Gasteiger partial charge on any atom is -0.748 e. The molecule has 0 N–H and O–H groups in total. The third-order valence-corrected chi connectivity index (χ3v) is 1.49. The lowest BCUT2D eigenvalue weighted by Crippen LogP contribution is -2.11. The second-order valence-electron chi connectivity index (χ2n) is 1.87. The van der Waals surface area contributed by atoms with Crippen LogP contribution in [-0.2, 0) is 14.9 Å². The first kappa shape index (κ1) is 9.87. The average Bonchev–Trinajstić information content (AvgIpc) is 1.78. The van der Waals surface area contributed by atoms with Crippen molar-refractivity contribution >= 4 is 10.1 Å². The maximum absolute atomic E-state index is 9.96. The van der Waals surface area contributed by atoms with Crippen molar-refractivity contribution in [2.75, 3.05) is 19.0 Å². The fourth-order valence-electron chi connectivity index (χ4n) is 0.407. The van der Waals surface area contributed by atoms with E-state index < -0.39 is 15.9 Å². The van der Waals surface area contributed by atoms with Crippen LogP contribution < -0.4 is 0 Å². The summed E-state index contributed by atoms with van der Waals surface area (Å²) in [4.78, 5) is 0. The smallest absolute Gasteiger partial charge is 0.0968 e. The van der Waals surface area contributed by atoms with Crippen LogP contribution in [0.4, 0.5) is 0 Å². The Kier molecular flexibility index (Phi) is 4.59. The third kappa shape index (κ3) is 7.87. The summed E-state index contributed by atoms with van der Waals surface area (Å²) in [7, 11) is -4.08. The van der Waals surface area contributed by atoms with Gasteiger partial charge in [0, 0.05) is 6.61 Å². The fraction of sp³-hybridized carbons (Fsp3) is 1.00. The molecule has 10 heavy (non-hydrogen) atoms. The Morgan fingerprint density at radius 3 is 2.40 bits per heavy atom. The van der Waals surface area contributed by atoms with Crippen molar-refractivity contribution in [1.82, 2.24) is 0 Å². The predicted octanol–water partition coefficient (Wildman–Crippen LogP) is -0.0418. The average molecular weight is 167 g/mol. The molecule has 0 aliphatic heterocycles. The maximum atomic E-state index is 9.96. The molecule has 0 aromatic carbocycles. The Balaban J connectivity index is 3.21. The van der Waals surface area contributed by atoms with E-state index in [1.54, 1.807) is 0 Å². The molecular weight excluding hydrogens is 156 g/mol. The number of rotatable bonds is 5. The predicted molar refractivity (Wildman–Crippen MR) is 35.7 cm³/mol. The van der Waals surface area contributed by atoms with Gasteiger partial charge < -0.3 is 9.29 Å². The Morgan fingerprint density at radius 1 is 1.40 bits per heavy atom. The third-order valence-electron chi connectivity index (χ3n) is 0.826. The summed E-state index contributed by atoms with van der Waals surface area (Å²) in [6.07, 6.45) is 0.832. The van der Waals surface area contributed by atoms with E-state index in [-0.39, 0.29) is 6.61 Å². The SMILES string of the molecule is CCCOCCS(=O)(=O)[O-]. The van der Waals surface area contributed by atoms with E-state index in [0.29, 0.717) is 6.61 Å². The summed E-state index contributed by atoms with van der Waals surface area (Å²) in [5.74, 6) is -0.424. The van der Waals surface area contributed by atoms with Crippen molar-refractivity contribution in [3.05, 3.63) is 0 Å². The molecule has 0 aromatic rings. The van der Waals surface area contributed by atoms with Crippen LogP contribution in [0.5, 0.6) is 0 Å². The van der Waals surface area contributed by atoms with Gasteiger partial charge in [-0.25, -0.2) is 8.42 Å². The quantitative estimate of drug-likeness (QED) is 0.425. The largest absolute Gasteiger partial charge is 0.748 e. The van der Waals surface area contributed by atoms with E-state index in [1.165, 1.54) is 0 Å². The highest BCUT2D eigenvalue weighted by molar-refractivity contribution is 7.85. The van der Waals surface area contributed by atoms with E-state index in [4.69, 9.17) is 4.74 Å². The topological polar surface area (TPSA) is 66.4 Å². The highest BCUT2D eigenvalue weighted by Gasteiger charge is 1.93. The van der Waals surface area contributed by atoms with Crippen LogP contribution >= 0.6 is 0 Å². The minimum absolute atomic E-state index is 0.0136. The first-order valence-electron chi connectivity index (χ1n) is 3.07. The van der Waals surface area contributed by atoms with E-state index in [1.807, 2.05) is 6.92 Å². The van der Waals surface area contributed by atoms with E-state index in [9.17, 15) is 13.0 Å². The molecule has 0 rings (SSSR count). The first-order chi connectivity index (χ1) is 4.56. The van der Waals surface area contributed by atoms with Gasteiger partial charge >= 0.3 is 0 Å². The molecule has 0 aliphatic rings. The Hall–Kier alpha value is -0.130. The normalized spacial score (nSPS) is 11.8. The lowest BCUT2D eigenvalue weighted by atomic mass is 10.5. The minimum atomic E-state index is -4.08. The van der Waals surface area contributed by atoms with E-state index in [2.05, 4.69) is 0 Å². The molecule has 0 atom stereocenters. The van der Waals surface area contributed by atoms with Crippen molar-refractivity contribution in [2.24, 2.45) is 0 Å². The molecule has 0 saturated heterocycles. The first-order valence-corrected chi connectivity index (χ1v) is 4.65. The van der Waals surface area contributed by atoms with Crippen molar-refractivity contribution in [1.29, 1.82) is 0 Å². The number of ether oxygens (including phenoxy) is 1. The Bertz CT molecular complexity index is 160. The van der Waals surface area contributed by atoms with Gasteiger partial charge in [-0.2, -0.15) is 0 Å². The summed E-state index contributed by atoms with van der Waals surface area (Å²) in [6.45, 7) is 2.43. The van der Waals surface area contributed by atoms with Gasteiger partial charge in [0.1, 0.15) is 0 Å². The Labute approximate surface area is 60.9 Å². The van der Waals surface area contributed by atoms with Crippen LogP contribution in [0.15, 0.2) is 0 Å². The van der Waals surface area contributed by atoms with Gasteiger partial charge in [-0.1, -0.05) is 6.92 Å². The van der Waals surface area contributed by atoms with Crippen molar-refractivity contribution in [2.45, 2.75) is 13.3 Å².